The Morgan fingerprint density at radius 2 is 1.92 bits per heavy atom. The highest BCUT2D eigenvalue weighted by molar-refractivity contribution is 6.04. The summed E-state index contributed by atoms with van der Waals surface area (Å²) in [5.41, 5.74) is 4.14. The van der Waals surface area contributed by atoms with Crippen molar-refractivity contribution in [3.63, 3.8) is 0 Å². The molecular weight excluding hydrogens is 314 g/mol. The SMILES string of the molecule is Cc1cc(C)n(-c2cccc(NC(=O)c3ccc(N(C)C)nc3)c2)n1. The van der Waals surface area contributed by atoms with Crippen LogP contribution in [0.4, 0.5) is 11.5 Å². The molecule has 0 saturated heterocycles. The maximum Gasteiger partial charge on any atom is 0.257 e. The molecule has 25 heavy (non-hydrogen) atoms. The molecule has 0 fully saturated rings. The van der Waals surface area contributed by atoms with Crippen LogP contribution in [0.2, 0.25) is 0 Å². The number of pyridine rings is 1. The molecule has 0 bridgehead atoms. The van der Waals surface area contributed by atoms with Gasteiger partial charge in [-0.15, -0.1) is 0 Å². The van der Waals surface area contributed by atoms with Crippen LogP contribution in [0.5, 0.6) is 0 Å². The Kier molecular flexibility index (Phi) is 4.52. The van der Waals surface area contributed by atoms with Gasteiger partial charge in [-0.3, -0.25) is 4.79 Å². The van der Waals surface area contributed by atoms with E-state index in [0.717, 1.165) is 22.9 Å². The molecular formula is C19H21N5O. The predicted octanol–water partition coefficient (Wildman–Crippen LogP) is 3.20. The Labute approximate surface area is 147 Å². The molecule has 0 radical (unpaired) electrons. The van der Waals surface area contributed by atoms with Crippen molar-refractivity contribution in [3.8, 4) is 5.69 Å². The number of hydrogen-bond donors (Lipinski definition) is 1. The first kappa shape index (κ1) is 16.7. The second-order valence-corrected chi connectivity index (χ2v) is 6.14. The number of aromatic nitrogens is 3. The topological polar surface area (TPSA) is 63.1 Å². The van der Waals surface area contributed by atoms with Crippen LogP contribution in [0.15, 0.2) is 48.7 Å². The molecule has 6 nitrogen and oxygen atoms in total. The zero-order valence-corrected chi connectivity index (χ0v) is 14.8. The summed E-state index contributed by atoms with van der Waals surface area (Å²) in [6, 6.07) is 13.2. The number of amides is 1. The Morgan fingerprint density at radius 1 is 1.12 bits per heavy atom. The van der Waals surface area contributed by atoms with Crippen LogP contribution < -0.4 is 10.2 Å². The molecule has 1 amide bonds. The van der Waals surface area contributed by atoms with Gasteiger partial charge in [0, 0.05) is 31.7 Å². The third kappa shape index (κ3) is 3.68. The lowest BCUT2D eigenvalue weighted by atomic mass is 10.2. The fraction of sp³-hybridized carbons (Fsp3) is 0.211. The molecule has 0 aliphatic carbocycles. The third-order valence-electron chi connectivity index (χ3n) is 3.83. The lowest BCUT2D eigenvalue weighted by molar-refractivity contribution is 0.102. The highest BCUT2D eigenvalue weighted by Gasteiger charge is 2.09. The third-order valence-corrected chi connectivity index (χ3v) is 3.83. The van der Waals surface area contributed by atoms with E-state index in [0.29, 0.717) is 11.3 Å². The highest BCUT2D eigenvalue weighted by Crippen LogP contribution is 2.18. The summed E-state index contributed by atoms with van der Waals surface area (Å²) in [5.74, 6) is 0.617. The molecule has 2 aromatic heterocycles. The smallest absolute Gasteiger partial charge is 0.257 e. The van der Waals surface area contributed by atoms with E-state index in [9.17, 15) is 4.79 Å². The lowest BCUT2D eigenvalue weighted by Gasteiger charge is -2.12. The second kappa shape index (κ2) is 6.76. The first-order valence-electron chi connectivity index (χ1n) is 8.02. The van der Waals surface area contributed by atoms with E-state index in [1.54, 1.807) is 12.3 Å². The standard InChI is InChI=1S/C19H21N5O/c1-13-10-14(2)24(22-13)17-7-5-6-16(11-17)21-19(25)15-8-9-18(20-12-15)23(3)4/h5-12H,1-4H3,(H,21,25). The minimum absolute atomic E-state index is 0.191. The Bertz CT molecular complexity index is 896. The van der Waals surface area contributed by atoms with E-state index >= 15 is 0 Å². The number of rotatable bonds is 4. The van der Waals surface area contributed by atoms with E-state index in [4.69, 9.17) is 0 Å². The molecule has 3 rings (SSSR count). The summed E-state index contributed by atoms with van der Waals surface area (Å²) in [4.78, 5) is 18.6. The van der Waals surface area contributed by atoms with Crippen LogP contribution in [0.25, 0.3) is 5.69 Å². The van der Waals surface area contributed by atoms with Crippen molar-refractivity contribution in [2.75, 3.05) is 24.3 Å². The zero-order valence-electron chi connectivity index (χ0n) is 14.8. The van der Waals surface area contributed by atoms with Crippen molar-refractivity contribution in [3.05, 3.63) is 65.6 Å². The van der Waals surface area contributed by atoms with Crippen LogP contribution in [0.3, 0.4) is 0 Å². The van der Waals surface area contributed by atoms with Crippen LogP contribution in [0, 0.1) is 13.8 Å². The van der Waals surface area contributed by atoms with Crippen LogP contribution in [-0.4, -0.2) is 34.8 Å². The number of nitrogens with zero attached hydrogens (tertiary/aromatic N) is 4. The zero-order chi connectivity index (χ0) is 18.0. The van der Waals surface area contributed by atoms with Crippen molar-refractivity contribution < 1.29 is 4.79 Å². The largest absolute Gasteiger partial charge is 0.363 e. The Hall–Kier alpha value is -3.15. The number of carbonyl (C=O) groups is 1. The molecule has 0 atom stereocenters. The van der Waals surface area contributed by atoms with Crippen molar-refractivity contribution in [2.24, 2.45) is 0 Å². The van der Waals surface area contributed by atoms with Gasteiger partial charge in [0.2, 0.25) is 0 Å². The minimum atomic E-state index is -0.191. The van der Waals surface area contributed by atoms with Crippen molar-refractivity contribution in [1.82, 2.24) is 14.8 Å². The van der Waals surface area contributed by atoms with Gasteiger partial charge < -0.3 is 10.2 Å². The lowest BCUT2D eigenvalue weighted by Crippen LogP contribution is -2.14. The second-order valence-electron chi connectivity index (χ2n) is 6.14. The molecule has 128 valence electrons. The normalized spacial score (nSPS) is 10.6. The van der Waals surface area contributed by atoms with Crippen LogP contribution >= 0.6 is 0 Å². The summed E-state index contributed by atoms with van der Waals surface area (Å²) in [5, 5.41) is 7.38. The average molecular weight is 335 g/mol. The molecule has 2 heterocycles. The number of benzene rings is 1. The van der Waals surface area contributed by atoms with Gasteiger partial charge in [0.05, 0.1) is 16.9 Å². The molecule has 0 saturated carbocycles. The van der Waals surface area contributed by atoms with E-state index in [-0.39, 0.29) is 5.91 Å². The highest BCUT2D eigenvalue weighted by atomic mass is 16.1. The molecule has 6 heteroatoms. The van der Waals surface area contributed by atoms with Gasteiger partial charge in [-0.05, 0) is 50.2 Å². The fourth-order valence-electron chi connectivity index (χ4n) is 2.59. The van der Waals surface area contributed by atoms with Gasteiger partial charge in [-0.25, -0.2) is 9.67 Å². The Balaban J connectivity index is 1.80. The quantitative estimate of drug-likeness (QED) is 0.795. The number of nitrogens with one attached hydrogen (secondary N) is 1. The predicted molar refractivity (Wildman–Crippen MR) is 99.6 cm³/mol. The van der Waals surface area contributed by atoms with Gasteiger partial charge >= 0.3 is 0 Å². The summed E-state index contributed by atoms with van der Waals surface area (Å²) in [6.07, 6.45) is 1.58. The van der Waals surface area contributed by atoms with Gasteiger partial charge in [0.15, 0.2) is 0 Å². The number of hydrogen-bond acceptors (Lipinski definition) is 4. The maximum atomic E-state index is 12.4. The van der Waals surface area contributed by atoms with E-state index in [1.165, 1.54) is 0 Å². The van der Waals surface area contributed by atoms with Crippen molar-refractivity contribution in [1.29, 1.82) is 0 Å². The summed E-state index contributed by atoms with van der Waals surface area (Å²) in [6.45, 7) is 3.96. The Morgan fingerprint density at radius 3 is 2.52 bits per heavy atom. The van der Waals surface area contributed by atoms with E-state index in [2.05, 4.69) is 15.4 Å². The molecule has 0 aliphatic rings. The van der Waals surface area contributed by atoms with Gasteiger partial charge in [0.1, 0.15) is 5.82 Å². The number of aryl methyl sites for hydroxylation is 2. The van der Waals surface area contributed by atoms with Crippen LogP contribution in [0.1, 0.15) is 21.7 Å². The van der Waals surface area contributed by atoms with E-state index in [1.807, 2.05) is 73.9 Å². The van der Waals surface area contributed by atoms with Gasteiger partial charge in [-0.2, -0.15) is 5.10 Å². The first-order chi connectivity index (χ1) is 11.9. The minimum Gasteiger partial charge on any atom is -0.363 e. The van der Waals surface area contributed by atoms with Gasteiger partial charge in [0.25, 0.3) is 5.91 Å². The van der Waals surface area contributed by atoms with E-state index < -0.39 is 0 Å². The van der Waals surface area contributed by atoms with Crippen molar-refractivity contribution >= 4 is 17.4 Å². The fourth-order valence-corrected chi connectivity index (χ4v) is 2.59. The molecule has 0 spiro atoms. The number of carbonyl (C=O) groups excluding carboxylic acids is 1. The summed E-state index contributed by atoms with van der Waals surface area (Å²) >= 11 is 0. The molecule has 0 unspecified atom stereocenters. The monoisotopic (exact) mass is 335 g/mol. The number of anilines is 2. The summed E-state index contributed by atoms with van der Waals surface area (Å²) in [7, 11) is 3.82. The average Bonchev–Trinajstić information content (AvgIpc) is 2.93. The molecule has 1 aromatic carbocycles. The molecule has 3 aromatic rings. The van der Waals surface area contributed by atoms with Crippen LogP contribution in [-0.2, 0) is 0 Å². The first-order valence-corrected chi connectivity index (χ1v) is 8.02. The van der Waals surface area contributed by atoms with Crippen molar-refractivity contribution in [2.45, 2.75) is 13.8 Å². The van der Waals surface area contributed by atoms with Gasteiger partial charge in [-0.1, -0.05) is 6.07 Å². The molecule has 0 aliphatic heterocycles. The summed E-state index contributed by atoms with van der Waals surface area (Å²) < 4.78 is 1.86. The maximum absolute atomic E-state index is 12.4. The molecule has 1 N–H and O–H groups in total.